The van der Waals surface area contributed by atoms with Gasteiger partial charge in [-0.15, -0.1) is 0 Å². The summed E-state index contributed by atoms with van der Waals surface area (Å²) in [7, 11) is -1.55. The summed E-state index contributed by atoms with van der Waals surface area (Å²) in [6.45, 7) is 0.542. The Kier molecular flexibility index (Phi) is 5.43. The number of sulfonamides is 1. The maximum Gasteiger partial charge on any atom is 0.240 e. The lowest BCUT2D eigenvalue weighted by Crippen LogP contribution is -2.26. The molecule has 112 valence electrons. The molecule has 2 rings (SSSR count). The van der Waals surface area contributed by atoms with Gasteiger partial charge in [-0.3, -0.25) is 0 Å². The molecule has 1 aliphatic carbocycles. The molecule has 0 radical (unpaired) electrons. The first-order valence-electron chi connectivity index (χ1n) is 7.39. The molecule has 0 heterocycles. The Morgan fingerprint density at radius 2 is 1.75 bits per heavy atom. The van der Waals surface area contributed by atoms with E-state index in [1.807, 2.05) is 7.05 Å². The lowest BCUT2D eigenvalue weighted by atomic mass is 9.87. The van der Waals surface area contributed by atoms with Gasteiger partial charge in [-0.2, -0.15) is 0 Å². The zero-order valence-corrected chi connectivity index (χ0v) is 12.9. The summed E-state index contributed by atoms with van der Waals surface area (Å²) >= 11 is 0. The number of hydrogen-bond acceptors (Lipinski definition) is 3. The van der Waals surface area contributed by atoms with Crippen molar-refractivity contribution in [3.8, 4) is 0 Å². The van der Waals surface area contributed by atoms with Crippen LogP contribution in [-0.2, 0) is 10.0 Å². The maximum absolute atomic E-state index is 12.1. The summed E-state index contributed by atoms with van der Waals surface area (Å²) in [6.07, 6.45) is 7.37. The molecule has 0 atom stereocenters. The van der Waals surface area contributed by atoms with Crippen LogP contribution in [0.25, 0.3) is 0 Å². The van der Waals surface area contributed by atoms with Crippen molar-refractivity contribution in [2.75, 3.05) is 18.9 Å². The van der Waals surface area contributed by atoms with E-state index in [1.165, 1.54) is 32.1 Å². The molecule has 0 saturated heterocycles. The van der Waals surface area contributed by atoms with E-state index >= 15 is 0 Å². The minimum atomic E-state index is -3.36. The van der Waals surface area contributed by atoms with Gasteiger partial charge in [-0.1, -0.05) is 32.1 Å². The standard InChI is InChI=1S/C15H24N2O2S/c1-16-14-7-9-15(10-8-14)20(18,19)17-12-11-13-5-3-2-4-6-13/h7-10,13,16-17H,2-6,11-12H2,1H3. The summed E-state index contributed by atoms with van der Waals surface area (Å²) in [5, 5.41) is 2.98. The van der Waals surface area contributed by atoms with Crippen LogP contribution >= 0.6 is 0 Å². The molecule has 5 heteroatoms. The van der Waals surface area contributed by atoms with Gasteiger partial charge in [0.05, 0.1) is 4.90 Å². The fourth-order valence-corrected chi connectivity index (χ4v) is 3.80. The van der Waals surface area contributed by atoms with Gasteiger partial charge in [-0.25, -0.2) is 13.1 Å². The predicted molar refractivity (Wildman–Crippen MR) is 82.4 cm³/mol. The monoisotopic (exact) mass is 296 g/mol. The van der Waals surface area contributed by atoms with Gasteiger partial charge in [0.25, 0.3) is 0 Å². The Morgan fingerprint density at radius 3 is 2.35 bits per heavy atom. The van der Waals surface area contributed by atoms with Gasteiger partial charge in [0.2, 0.25) is 10.0 Å². The van der Waals surface area contributed by atoms with Crippen molar-refractivity contribution in [3.05, 3.63) is 24.3 Å². The van der Waals surface area contributed by atoms with Crippen LogP contribution in [0.3, 0.4) is 0 Å². The first-order chi connectivity index (χ1) is 9.62. The summed E-state index contributed by atoms with van der Waals surface area (Å²) in [6, 6.07) is 6.81. The zero-order chi connectivity index (χ0) is 14.4. The smallest absolute Gasteiger partial charge is 0.240 e. The van der Waals surface area contributed by atoms with E-state index in [1.54, 1.807) is 24.3 Å². The quantitative estimate of drug-likeness (QED) is 0.848. The average Bonchev–Trinajstić information content (AvgIpc) is 2.48. The second-order valence-corrected chi connectivity index (χ2v) is 7.23. The molecule has 1 fully saturated rings. The number of anilines is 1. The van der Waals surface area contributed by atoms with Crippen LogP contribution in [-0.4, -0.2) is 22.0 Å². The zero-order valence-electron chi connectivity index (χ0n) is 12.1. The van der Waals surface area contributed by atoms with Gasteiger partial charge < -0.3 is 5.32 Å². The van der Waals surface area contributed by atoms with Crippen molar-refractivity contribution in [3.63, 3.8) is 0 Å². The highest BCUT2D eigenvalue weighted by molar-refractivity contribution is 7.89. The van der Waals surface area contributed by atoms with Crippen LogP contribution < -0.4 is 10.0 Å². The van der Waals surface area contributed by atoms with E-state index in [4.69, 9.17) is 0 Å². The number of nitrogens with one attached hydrogen (secondary N) is 2. The maximum atomic E-state index is 12.1. The third-order valence-electron chi connectivity index (χ3n) is 4.02. The first-order valence-corrected chi connectivity index (χ1v) is 8.87. The summed E-state index contributed by atoms with van der Waals surface area (Å²) < 4.78 is 27.0. The molecule has 1 aromatic rings. The van der Waals surface area contributed by atoms with Crippen LogP contribution in [0, 0.1) is 5.92 Å². The van der Waals surface area contributed by atoms with Crippen molar-refractivity contribution in [1.82, 2.24) is 4.72 Å². The van der Waals surface area contributed by atoms with Crippen molar-refractivity contribution in [2.45, 2.75) is 43.4 Å². The van der Waals surface area contributed by atoms with Gasteiger partial charge in [0, 0.05) is 19.3 Å². The lowest BCUT2D eigenvalue weighted by Gasteiger charge is -2.21. The molecule has 0 amide bonds. The highest BCUT2D eigenvalue weighted by Crippen LogP contribution is 2.26. The normalized spacial score (nSPS) is 17.1. The van der Waals surface area contributed by atoms with Crippen molar-refractivity contribution < 1.29 is 8.42 Å². The third kappa shape index (κ3) is 4.21. The van der Waals surface area contributed by atoms with Gasteiger partial charge >= 0.3 is 0 Å². The van der Waals surface area contributed by atoms with Crippen LogP contribution in [0.2, 0.25) is 0 Å². The second kappa shape index (κ2) is 7.09. The lowest BCUT2D eigenvalue weighted by molar-refractivity contribution is 0.339. The minimum absolute atomic E-state index is 0.333. The Bertz CT molecular complexity index is 505. The molecule has 0 aromatic heterocycles. The van der Waals surface area contributed by atoms with Gasteiger partial charge in [0.1, 0.15) is 0 Å². The van der Waals surface area contributed by atoms with Gasteiger partial charge in [-0.05, 0) is 36.6 Å². The Balaban J connectivity index is 1.86. The highest BCUT2D eigenvalue weighted by atomic mass is 32.2. The molecule has 2 N–H and O–H groups in total. The number of rotatable bonds is 6. The minimum Gasteiger partial charge on any atom is -0.388 e. The molecular weight excluding hydrogens is 272 g/mol. The SMILES string of the molecule is CNc1ccc(S(=O)(=O)NCCC2CCCCC2)cc1. The van der Waals surface area contributed by atoms with Crippen LogP contribution in [0.15, 0.2) is 29.2 Å². The fraction of sp³-hybridized carbons (Fsp3) is 0.600. The summed E-state index contributed by atoms with van der Waals surface area (Å²) in [5.74, 6) is 0.693. The summed E-state index contributed by atoms with van der Waals surface area (Å²) in [4.78, 5) is 0.333. The molecule has 0 spiro atoms. The number of benzene rings is 1. The van der Waals surface area contributed by atoms with E-state index in [-0.39, 0.29) is 0 Å². The van der Waals surface area contributed by atoms with E-state index in [0.717, 1.165) is 12.1 Å². The fourth-order valence-electron chi connectivity index (χ4n) is 2.76. The molecule has 20 heavy (non-hydrogen) atoms. The molecule has 4 nitrogen and oxygen atoms in total. The molecule has 0 unspecified atom stereocenters. The Hall–Kier alpha value is -1.07. The van der Waals surface area contributed by atoms with Crippen molar-refractivity contribution in [2.24, 2.45) is 5.92 Å². The molecule has 1 aromatic carbocycles. The number of hydrogen-bond donors (Lipinski definition) is 2. The average molecular weight is 296 g/mol. The second-order valence-electron chi connectivity index (χ2n) is 5.46. The van der Waals surface area contributed by atoms with Crippen LogP contribution in [0.1, 0.15) is 38.5 Å². The van der Waals surface area contributed by atoms with Crippen LogP contribution in [0.4, 0.5) is 5.69 Å². The summed E-state index contributed by atoms with van der Waals surface area (Å²) in [5.41, 5.74) is 0.908. The van der Waals surface area contributed by atoms with Crippen molar-refractivity contribution >= 4 is 15.7 Å². The largest absolute Gasteiger partial charge is 0.388 e. The Labute approximate surface area is 122 Å². The third-order valence-corrected chi connectivity index (χ3v) is 5.50. The topological polar surface area (TPSA) is 58.2 Å². The molecule has 1 saturated carbocycles. The molecule has 0 bridgehead atoms. The Morgan fingerprint density at radius 1 is 1.10 bits per heavy atom. The van der Waals surface area contributed by atoms with E-state index < -0.39 is 10.0 Å². The molecule has 1 aliphatic rings. The van der Waals surface area contributed by atoms with E-state index in [2.05, 4.69) is 10.0 Å². The van der Waals surface area contributed by atoms with Gasteiger partial charge in [0.15, 0.2) is 0 Å². The van der Waals surface area contributed by atoms with Crippen LogP contribution in [0.5, 0.6) is 0 Å². The van der Waals surface area contributed by atoms with Crippen molar-refractivity contribution in [1.29, 1.82) is 0 Å². The van der Waals surface area contributed by atoms with E-state index in [0.29, 0.717) is 17.4 Å². The van der Waals surface area contributed by atoms with E-state index in [9.17, 15) is 8.42 Å². The first kappa shape index (κ1) is 15.3. The predicted octanol–water partition coefficient (Wildman–Crippen LogP) is 2.98. The molecular formula is C15H24N2O2S. The molecule has 0 aliphatic heterocycles. The highest BCUT2D eigenvalue weighted by Gasteiger charge is 2.16.